The molecule has 0 aliphatic carbocycles. The summed E-state index contributed by atoms with van der Waals surface area (Å²) in [4.78, 5) is 13.3. The van der Waals surface area contributed by atoms with Crippen molar-refractivity contribution in [1.29, 1.82) is 0 Å². The lowest BCUT2D eigenvalue weighted by atomic mass is 10.0. The molecule has 4 rings (SSSR count). The summed E-state index contributed by atoms with van der Waals surface area (Å²) in [6.45, 7) is 0.542. The Labute approximate surface area is 174 Å². The van der Waals surface area contributed by atoms with E-state index < -0.39 is 0 Å². The Morgan fingerprint density at radius 1 is 0.900 bits per heavy atom. The molecule has 1 unspecified atom stereocenters. The van der Waals surface area contributed by atoms with E-state index in [2.05, 4.69) is 27.4 Å². The quantitative estimate of drug-likeness (QED) is 0.484. The zero-order valence-corrected chi connectivity index (χ0v) is 16.4. The van der Waals surface area contributed by atoms with Gasteiger partial charge in [0.05, 0.1) is 5.69 Å². The van der Waals surface area contributed by atoms with Crippen molar-refractivity contribution in [3.63, 3.8) is 0 Å². The molecule has 0 spiro atoms. The van der Waals surface area contributed by atoms with Gasteiger partial charge in [0, 0.05) is 42.3 Å². The van der Waals surface area contributed by atoms with Gasteiger partial charge in [-0.2, -0.15) is 0 Å². The van der Waals surface area contributed by atoms with Crippen LogP contribution in [0.4, 0.5) is 10.3 Å². The number of hydrogen-bond acceptors (Lipinski definition) is 5. The number of aromatic nitrogens is 3. The number of pyridine rings is 1. The van der Waals surface area contributed by atoms with E-state index in [0.717, 1.165) is 28.8 Å². The molecule has 0 aliphatic heterocycles. The summed E-state index contributed by atoms with van der Waals surface area (Å²) in [7, 11) is 0. The lowest BCUT2D eigenvalue weighted by Gasteiger charge is -2.15. The number of anilines is 1. The van der Waals surface area contributed by atoms with E-state index in [4.69, 9.17) is 10.7 Å². The van der Waals surface area contributed by atoms with Gasteiger partial charge in [-0.15, -0.1) is 0 Å². The van der Waals surface area contributed by atoms with E-state index in [0.29, 0.717) is 12.5 Å². The van der Waals surface area contributed by atoms with Crippen LogP contribution in [0.2, 0.25) is 0 Å². The molecule has 0 saturated heterocycles. The second kappa shape index (κ2) is 9.24. The van der Waals surface area contributed by atoms with E-state index in [1.165, 1.54) is 17.7 Å². The minimum atomic E-state index is -0.282. The van der Waals surface area contributed by atoms with Crippen LogP contribution in [0.5, 0.6) is 0 Å². The van der Waals surface area contributed by atoms with Gasteiger partial charge >= 0.3 is 0 Å². The first-order valence-corrected chi connectivity index (χ1v) is 9.76. The van der Waals surface area contributed by atoms with Crippen molar-refractivity contribution < 1.29 is 4.39 Å². The van der Waals surface area contributed by atoms with Crippen LogP contribution in [0.25, 0.3) is 22.4 Å². The predicted octanol–water partition coefficient (Wildman–Crippen LogP) is 4.33. The second-order valence-electron chi connectivity index (χ2n) is 7.03. The van der Waals surface area contributed by atoms with Gasteiger partial charge in [0.25, 0.3) is 0 Å². The zero-order chi connectivity index (χ0) is 20.8. The summed E-state index contributed by atoms with van der Waals surface area (Å²) in [6, 6.07) is 20.2. The monoisotopic (exact) mass is 399 g/mol. The molecule has 6 heteroatoms. The average Bonchev–Trinajstić information content (AvgIpc) is 2.79. The number of rotatable bonds is 7. The average molecular weight is 399 g/mol. The Hall–Kier alpha value is -3.64. The first-order chi connectivity index (χ1) is 14.7. The highest BCUT2D eigenvalue weighted by molar-refractivity contribution is 5.80. The Kier molecular flexibility index (Phi) is 6.06. The number of nitrogens with one attached hydrogen (secondary N) is 1. The Balaban J connectivity index is 1.57. The zero-order valence-electron chi connectivity index (χ0n) is 16.4. The van der Waals surface area contributed by atoms with Gasteiger partial charge in [0.15, 0.2) is 0 Å². The van der Waals surface area contributed by atoms with Crippen molar-refractivity contribution in [2.75, 3.05) is 11.9 Å². The minimum absolute atomic E-state index is 0.0721. The first-order valence-electron chi connectivity index (χ1n) is 9.76. The van der Waals surface area contributed by atoms with Crippen LogP contribution in [0, 0.1) is 5.82 Å². The summed E-state index contributed by atoms with van der Waals surface area (Å²) >= 11 is 0. The molecule has 0 amide bonds. The third-order valence-corrected chi connectivity index (χ3v) is 4.76. The normalized spacial score (nSPS) is 11.8. The molecule has 150 valence electrons. The van der Waals surface area contributed by atoms with Crippen molar-refractivity contribution >= 4 is 5.95 Å². The molecule has 0 fully saturated rings. The smallest absolute Gasteiger partial charge is 0.223 e. The fourth-order valence-corrected chi connectivity index (χ4v) is 3.25. The first kappa shape index (κ1) is 19.7. The van der Waals surface area contributed by atoms with Gasteiger partial charge in [-0.3, -0.25) is 4.98 Å². The highest BCUT2D eigenvalue weighted by Gasteiger charge is 2.13. The fourth-order valence-electron chi connectivity index (χ4n) is 3.25. The lowest BCUT2D eigenvalue weighted by molar-refractivity contribution is 0.628. The molecule has 0 aliphatic rings. The van der Waals surface area contributed by atoms with Crippen molar-refractivity contribution in [2.45, 2.75) is 12.5 Å². The van der Waals surface area contributed by atoms with E-state index in [-0.39, 0.29) is 11.9 Å². The third kappa shape index (κ3) is 4.85. The number of nitrogens with two attached hydrogens (primary N) is 1. The third-order valence-electron chi connectivity index (χ3n) is 4.76. The number of nitrogens with zero attached hydrogens (tertiary/aromatic N) is 3. The van der Waals surface area contributed by atoms with Crippen molar-refractivity contribution in [2.24, 2.45) is 5.73 Å². The Bertz CT molecular complexity index is 1090. The molecule has 1 atom stereocenters. The molecule has 2 aromatic carbocycles. The van der Waals surface area contributed by atoms with Gasteiger partial charge < -0.3 is 11.1 Å². The van der Waals surface area contributed by atoms with Crippen LogP contribution in [-0.4, -0.2) is 27.5 Å². The van der Waals surface area contributed by atoms with Gasteiger partial charge in [-0.1, -0.05) is 42.5 Å². The van der Waals surface area contributed by atoms with Crippen LogP contribution >= 0.6 is 0 Å². The highest BCUT2D eigenvalue weighted by Crippen LogP contribution is 2.30. The maximum absolute atomic E-state index is 13.4. The molecule has 4 aromatic rings. The molecular formula is C24H22FN5. The van der Waals surface area contributed by atoms with Gasteiger partial charge in [0.2, 0.25) is 5.95 Å². The van der Waals surface area contributed by atoms with E-state index in [1.54, 1.807) is 30.7 Å². The second-order valence-corrected chi connectivity index (χ2v) is 7.03. The van der Waals surface area contributed by atoms with Crippen molar-refractivity contribution in [3.8, 4) is 22.4 Å². The summed E-state index contributed by atoms with van der Waals surface area (Å²) in [6.07, 6.45) is 5.95. The fraction of sp³-hybridized carbons (Fsp3) is 0.125. The molecule has 0 bridgehead atoms. The Morgan fingerprint density at radius 3 is 2.37 bits per heavy atom. The van der Waals surface area contributed by atoms with Crippen LogP contribution < -0.4 is 11.1 Å². The summed E-state index contributed by atoms with van der Waals surface area (Å²) in [5.74, 6) is 0.215. The van der Waals surface area contributed by atoms with Gasteiger partial charge in [-0.05, 0) is 41.8 Å². The molecule has 0 radical (unpaired) electrons. The van der Waals surface area contributed by atoms with Crippen LogP contribution in [-0.2, 0) is 6.42 Å². The molecule has 30 heavy (non-hydrogen) atoms. The maximum atomic E-state index is 13.4. The van der Waals surface area contributed by atoms with Crippen LogP contribution in [0.15, 0.2) is 85.3 Å². The van der Waals surface area contributed by atoms with Crippen molar-refractivity contribution in [3.05, 3.63) is 96.7 Å². The largest absolute Gasteiger partial charge is 0.353 e. The molecule has 3 N–H and O–H groups in total. The van der Waals surface area contributed by atoms with Crippen LogP contribution in [0.1, 0.15) is 5.56 Å². The number of halogens is 1. The topological polar surface area (TPSA) is 76.7 Å². The van der Waals surface area contributed by atoms with Crippen molar-refractivity contribution in [1.82, 2.24) is 15.0 Å². The molecule has 5 nitrogen and oxygen atoms in total. The number of hydrogen-bond donors (Lipinski definition) is 2. The Morgan fingerprint density at radius 2 is 1.63 bits per heavy atom. The molecule has 2 heterocycles. The summed E-state index contributed by atoms with van der Waals surface area (Å²) in [5, 5.41) is 3.24. The standard InChI is InChI=1S/C24H22FN5/c25-20-8-6-18(7-9-20)22-16-29-24(30-23(22)19-10-12-27-13-11-19)28-15-21(26)14-17-4-2-1-3-5-17/h1-13,16,21H,14-15,26H2,(H,28,29,30). The van der Waals surface area contributed by atoms with E-state index >= 15 is 0 Å². The maximum Gasteiger partial charge on any atom is 0.223 e. The number of benzene rings is 2. The van der Waals surface area contributed by atoms with Gasteiger partial charge in [0.1, 0.15) is 5.82 Å². The van der Waals surface area contributed by atoms with E-state index in [9.17, 15) is 4.39 Å². The predicted molar refractivity (Wildman–Crippen MR) is 117 cm³/mol. The molecular weight excluding hydrogens is 377 g/mol. The SMILES string of the molecule is NC(CNc1ncc(-c2ccc(F)cc2)c(-c2ccncc2)n1)Cc1ccccc1. The summed E-state index contributed by atoms with van der Waals surface area (Å²) < 4.78 is 13.4. The molecule has 0 saturated carbocycles. The summed E-state index contributed by atoms with van der Waals surface area (Å²) in [5.41, 5.74) is 10.8. The minimum Gasteiger partial charge on any atom is -0.353 e. The van der Waals surface area contributed by atoms with Crippen LogP contribution in [0.3, 0.4) is 0 Å². The highest BCUT2D eigenvalue weighted by atomic mass is 19.1. The molecule has 2 aromatic heterocycles. The lowest BCUT2D eigenvalue weighted by Crippen LogP contribution is -2.31. The van der Waals surface area contributed by atoms with E-state index in [1.807, 2.05) is 30.3 Å². The van der Waals surface area contributed by atoms with Gasteiger partial charge in [-0.25, -0.2) is 14.4 Å².